The van der Waals surface area contributed by atoms with Crippen LogP contribution >= 0.6 is 0 Å². The van der Waals surface area contributed by atoms with E-state index in [1.165, 1.54) is 12.1 Å². The van der Waals surface area contributed by atoms with E-state index in [2.05, 4.69) is 15.5 Å². The third kappa shape index (κ3) is 3.57. The van der Waals surface area contributed by atoms with Crippen LogP contribution in [0.5, 0.6) is 5.75 Å². The molecule has 2 aromatic carbocycles. The number of ether oxygens (including phenoxy) is 1. The maximum atomic E-state index is 12.9. The number of benzene rings is 2. The minimum atomic E-state index is -0.339. The zero-order chi connectivity index (χ0) is 16.9. The zero-order valence-electron chi connectivity index (χ0n) is 12.8. The van der Waals surface area contributed by atoms with Crippen LogP contribution in [0.15, 0.2) is 53.1 Å². The summed E-state index contributed by atoms with van der Waals surface area (Å²) >= 11 is 0. The summed E-state index contributed by atoms with van der Waals surface area (Å²) in [7, 11) is 1.56. The van der Waals surface area contributed by atoms with Crippen LogP contribution in [-0.2, 0) is 6.54 Å². The molecule has 1 aromatic heterocycles. The first-order valence-corrected chi connectivity index (χ1v) is 7.16. The number of halogens is 1. The number of rotatable bonds is 5. The first kappa shape index (κ1) is 15.7. The summed E-state index contributed by atoms with van der Waals surface area (Å²) < 4.78 is 23.0. The third-order valence-corrected chi connectivity index (χ3v) is 3.32. The summed E-state index contributed by atoms with van der Waals surface area (Å²) in [5, 5.41) is 6.50. The van der Waals surface area contributed by atoms with Crippen molar-refractivity contribution in [2.75, 3.05) is 7.11 Å². The Bertz CT molecular complexity index is 829. The fourth-order valence-corrected chi connectivity index (χ4v) is 2.04. The zero-order valence-corrected chi connectivity index (χ0v) is 12.8. The van der Waals surface area contributed by atoms with Gasteiger partial charge < -0.3 is 14.6 Å². The lowest BCUT2D eigenvalue weighted by molar-refractivity contribution is 0.0946. The molecule has 3 rings (SSSR count). The molecular weight excluding hydrogens is 313 g/mol. The maximum absolute atomic E-state index is 12.9. The standard InChI is InChI=1S/C17H14FN3O3/c1-23-14-8-4-12(5-9-14)17(22)19-10-15-20-16(21-24-15)11-2-6-13(18)7-3-11/h2-9H,10H2,1H3,(H,19,22). The summed E-state index contributed by atoms with van der Waals surface area (Å²) in [5.41, 5.74) is 1.13. The van der Waals surface area contributed by atoms with Gasteiger partial charge in [0.05, 0.1) is 13.7 Å². The van der Waals surface area contributed by atoms with Crippen LogP contribution in [0.4, 0.5) is 4.39 Å². The second kappa shape index (κ2) is 6.91. The molecule has 0 aliphatic heterocycles. The van der Waals surface area contributed by atoms with Crippen LogP contribution < -0.4 is 10.1 Å². The molecule has 0 aliphatic carbocycles. The van der Waals surface area contributed by atoms with E-state index in [-0.39, 0.29) is 24.2 Å². The second-order valence-electron chi connectivity index (χ2n) is 4.93. The summed E-state index contributed by atoms with van der Waals surface area (Å²) in [6.07, 6.45) is 0. The van der Waals surface area contributed by atoms with E-state index >= 15 is 0 Å². The molecular formula is C17H14FN3O3. The molecule has 0 radical (unpaired) electrons. The van der Waals surface area contributed by atoms with Crippen LogP contribution in [0.3, 0.4) is 0 Å². The first-order chi connectivity index (χ1) is 11.7. The Balaban J connectivity index is 1.62. The topological polar surface area (TPSA) is 77.2 Å². The molecule has 1 heterocycles. The van der Waals surface area contributed by atoms with Crippen molar-refractivity contribution in [3.05, 3.63) is 65.8 Å². The van der Waals surface area contributed by atoms with Gasteiger partial charge in [0.25, 0.3) is 5.91 Å². The van der Waals surface area contributed by atoms with Gasteiger partial charge in [0, 0.05) is 11.1 Å². The molecule has 1 amide bonds. The van der Waals surface area contributed by atoms with E-state index in [4.69, 9.17) is 9.26 Å². The lowest BCUT2D eigenvalue weighted by Crippen LogP contribution is -2.22. The van der Waals surface area contributed by atoms with Gasteiger partial charge in [-0.05, 0) is 48.5 Å². The number of carbonyl (C=O) groups is 1. The normalized spacial score (nSPS) is 10.4. The van der Waals surface area contributed by atoms with Crippen molar-refractivity contribution < 1.29 is 18.4 Å². The van der Waals surface area contributed by atoms with Crippen LogP contribution in [-0.4, -0.2) is 23.2 Å². The highest BCUT2D eigenvalue weighted by Gasteiger charge is 2.11. The number of nitrogens with one attached hydrogen (secondary N) is 1. The average molecular weight is 327 g/mol. The number of amides is 1. The molecule has 122 valence electrons. The highest BCUT2D eigenvalue weighted by atomic mass is 19.1. The van der Waals surface area contributed by atoms with Crippen molar-refractivity contribution in [3.63, 3.8) is 0 Å². The minimum Gasteiger partial charge on any atom is -0.497 e. The fourth-order valence-electron chi connectivity index (χ4n) is 2.04. The van der Waals surface area contributed by atoms with Gasteiger partial charge >= 0.3 is 0 Å². The van der Waals surface area contributed by atoms with E-state index < -0.39 is 0 Å². The number of aromatic nitrogens is 2. The lowest BCUT2D eigenvalue weighted by Gasteiger charge is -2.03. The van der Waals surface area contributed by atoms with Crippen LogP contribution in [0.2, 0.25) is 0 Å². The molecule has 0 unspecified atom stereocenters. The Morgan fingerprint density at radius 2 is 1.88 bits per heavy atom. The number of nitrogens with zero attached hydrogens (tertiary/aromatic N) is 2. The Kier molecular flexibility index (Phi) is 4.51. The fraction of sp³-hybridized carbons (Fsp3) is 0.118. The Morgan fingerprint density at radius 1 is 1.17 bits per heavy atom. The lowest BCUT2D eigenvalue weighted by atomic mass is 10.2. The van der Waals surface area contributed by atoms with Gasteiger partial charge in [0.2, 0.25) is 11.7 Å². The van der Waals surface area contributed by atoms with Crippen LogP contribution in [0.1, 0.15) is 16.2 Å². The Labute approximate surface area is 137 Å². The Morgan fingerprint density at radius 3 is 2.54 bits per heavy atom. The van der Waals surface area contributed by atoms with Gasteiger partial charge in [-0.1, -0.05) is 5.16 Å². The predicted octanol–water partition coefficient (Wildman–Crippen LogP) is 2.81. The number of carbonyl (C=O) groups excluding carboxylic acids is 1. The van der Waals surface area contributed by atoms with Crippen molar-refractivity contribution in [1.82, 2.24) is 15.5 Å². The SMILES string of the molecule is COc1ccc(C(=O)NCc2nc(-c3ccc(F)cc3)no2)cc1. The van der Waals surface area contributed by atoms with Crippen molar-refractivity contribution >= 4 is 5.91 Å². The monoisotopic (exact) mass is 327 g/mol. The van der Waals surface area contributed by atoms with Crippen molar-refractivity contribution in [1.29, 1.82) is 0 Å². The van der Waals surface area contributed by atoms with Gasteiger partial charge in [-0.3, -0.25) is 4.79 Å². The third-order valence-electron chi connectivity index (χ3n) is 3.32. The number of methoxy groups -OCH3 is 1. The van der Waals surface area contributed by atoms with E-state index in [9.17, 15) is 9.18 Å². The van der Waals surface area contributed by atoms with Gasteiger partial charge in [-0.2, -0.15) is 4.98 Å². The van der Waals surface area contributed by atoms with Gasteiger partial charge in [-0.15, -0.1) is 0 Å². The predicted molar refractivity (Wildman–Crippen MR) is 83.9 cm³/mol. The molecule has 0 fully saturated rings. The minimum absolute atomic E-state index is 0.0963. The Hall–Kier alpha value is -3.22. The molecule has 0 saturated carbocycles. The first-order valence-electron chi connectivity index (χ1n) is 7.16. The van der Waals surface area contributed by atoms with Crippen LogP contribution in [0.25, 0.3) is 11.4 Å². The quantitative estimate of drug-likeness (QED) is 0.780. The second-order valence-corrected chi connectivity index (χ2v) is 4.93. The molecule has 7 heteroatoms. The summed E-state index contributed by atoms with van der Waals surface area (Å²) in [6.45, 7) is 0.0963. The molecule has 0 atom stereocenters. The van der Waals surface area contributed by atoms with Gasteiger partial charge in [0.1, 0.15) is 11.6 Å². The van der Waals surface area contributed by atoms with Crippen LogP contribution in [0, 0.1) is 5.82 Å². The molecule has 0 saturated heterocycles. The summed E-state index contributed by atoms with van der Waals surface area (Å²) in [5.74, 6) is 0.667. The smallest absolute Gasteiger partial charge is 0.251 e. The number of hydrogen-bond donors (Lipinski definition) is 1. The van der Waals surface area contributed by atoms with E-state index in [0.717, 1.165) is 0 Å². The highest BCUT2D eigenvalue weighted by Crippen LogP contribution is 2.16. The van der Waals surface area contributed by atoms with Gasteiger partial charge in [-0.25, -0.2) is 4.39 Å². The highest BCUT2D eigenvalue weighted by molar-refractivity contribution is 5.94. The molecule has 1 N–H and O–H groups in total. The molecule has 3 aromatic rings. The van der Waals surface area contributed by atoms with Crippen molar-refractivity contribution in [2.45, 2.75) is 6.54 Å². The molecule has 6 nitrogen and oxygen atoms in total. The maximum Gasteiger partial charge on any atom is 0.251 e. The number of hydrogen-bond acceptors (Lipinski definition) is 5. The van der Waals surface area contributed by atoms with E-state index in [1.54, 1.807) is 43.5 Å². The molecule has 0 aliphatic rings. The molecule has 0 spiro atoms. The average Bonchev–Trinajstić information content (AvgIpc) is 3.09. The summed E-state index contributed by atoms with van der Waals surface area (Å²) in [6, 6.07) is 12.5. The largest absolute Gasteiger partial charge is 0.497 e. The van der Waals surface area contributed by atoms with Gasteiger partial charge in [0.15, 0.2) is 0 Å². The van der Waals surface area contributed by atoms with E-state index in [1.807, 2.05) is 0 Å². The van der Waals surface area contributed by atoms with Crippen molar-refractivity contribution in [3.8, 4) is 17.1 Å². The van der Waals surface area contributed by atoms with Crippen molar-refractivity contribution in [2.24, 2.45) is 0 Å². The molecule has 0 bridgehead atoms. The van der Waals surface area contributed by atoms with E-state index in [0.29, 0.717) is 22.7 Å². The summed E-state index contributed by atoms with van der Waals surface area (Å²) in [4.78, 5) is 16.2. The molecule has 24 heavy (non-hydrogen) atoms.